The lowest BCUT2D eigenvalue weighted by molar-refractivity contribution is -0.129. The van der Waals surface area contributed by atoms with Crippen molar-refractivity contribution in [3.63, 3.8) is 0 Å². The Morgan fingerprint density at radius 1 is 0.967 bits per heavy atom. The number of amides is 2. The Bertz CT molecular complexity index is 915. The smallest absolute Gasteiger partial charge is 0.241 e. The van der Waals surface area contributed by atoms with Gasteiger partial charge < -0.3 is 19.5 Å². The van der Waals surface area contributed by atoms with E-state index in [-0.39, 0.29) is 17.2 Å². The van der Waals surface area contributed by atoms with E-state index in [4.69, 9.17) is 14.2 Å². The van der Waals surface area contributed by atoms with Crippen LogP contribution in [0.3, 0.4) is 0 Å². The first-order chi connectivity index (χ1) is 14.5. The number of hydrogen-bond donors (Lipinski definition) is 1. The number of amidine groups is 1. The van der Waals surface area contributed by atoms with Crippen LogP contribution in [-0.2, 0) is 9.59 Å². The molecule has 1 unspecified atom stereocenters. The highest BCUT2D eigenvalue weighted by Crippen LogP contribution is 2.39. The number of methoxy groups -OCH3 is 1. The zero-order chi connectivity index (χ0) is 21.5. The summed E-state index contributed by atoms with van der Waals surface area (Å²) in [7, 11) is 1.62. The van der Waals surface area contributed by atoms with E-state index in [1.54, 1.807) is 7.11 Å². The van der Waals surface area contributed by atoms with E-state index in [1.165, 1.54) is 30.6 Å². The van der Waals surface area contributed by atoms with Crippen LogP contribution in [0.1, 0.15) is 24.8 Å². The van der Waals surface area contributed by atoms with Crippen molar-refractivity contribution in [1.82, 2.24) is 10.3 Å². The van der Waals surface area contributed by atoms with Gasteiger partial charge in [0, 0.05) is 13.8 Å². The summed E-state index contributed by atoms with van der Waals surface area (Å²) in [5.74, 6) is 1.77. The fourth-order valence-corrected chi connectivity index (χ4v) is 3.84. The normalized spacial score (nSPS) is 15.4. The summed E-state index contributed by atoms with van der Waals surface area (Å²) in [6.45, 7) is 3.63. The molecule has 9 heteroatoms. The third-order valence-corrected chi connectivity index (χ3v) is 5.20. The molecular formula is C21H23N3O5S. The SMILES string of the molecule is COc1ccc(OCCOc2ccc(C3SC(NC(C)=O)=NN3C(C)=O)cc2)cc1. The largest absolute Gasteiger partial charge is 0.497 e. The number of nitrogens with one attached hydrogen (secondary N) is 1. The van der Waals surface area contributed by atoms with Gasteiger partial charge in [-0.25, -0.2) is 5.01 Å². The molecule has 0 spiro atoms. The number of thioether (sulfide) groups is 1. The number of carbonyl (C=O) groups excluding carboxylic acids is 2. The molecular weight excluding hydrogens is 406 g/mol. The van der Waals surface area contributed by atoms with E-state index in [0.29, 0.717) is 24.1 Å². The fraction of sp³-hybridized carbons (Fsp3) is 0.286. The van der Waals surface area contributed by atoms with Crippen LogP contribution in [0.2, 0.25) is 0 Å². The van der Waals surface area contributed by atoms with Gasteiger partial charge in [-0.1, -0.05) is 23.9 Å². The van der Waals surface area contributed by atoms with E-state index in [0.717, 1.165) is 17.1 Å². The third-order valence-electron chi connectivity index (χ3n) is 4.10. The third kappa shape index (κ3) is 5.66. The second-order valence-corrected chi connectivity index (χ2v) is 7.43. The van der Waals surface area contributed by atoms with E-state index in [2.05, 4.69) is 10.4 Å². The highest BCUT2D eigenvalue weighted by Gasteiger charge is 2.32. The Morgan fingerprint density at radius 3 is 2.00 bits per heavy atom. The van der Waals surface area contributed by atoms with Gasteiger partial charge in [0.05, 0.1) is 7.11 Å². The second kappa shape index (κ2) is 10.0. The van der Waals surface area contributed by atoms with Crippen molar-refractivity contribution >= 4 is 28.7 Å². The molecule has 2 amide bonds. The first kappa shape index (κ1) is 21.5. The van der Waals surface area contributed by atoms with Gasteiger partial charge in [0.25, 0.3) is 0 Å². The van der Waals surface area contributed by atoms with Crippen LogP contribution >= 0.6 is 11.8 Å². The summed E-state index contributed by atoms with van der Waals surface area (Å²) < 4.78 is 16.5. The van der Waals surface area contributed by atoms with Crippen LogP contribution in [-0.4, -0.2) is 42.3 Å². The summed E-state index contributed by atoms with van der Waals surface area (Å²) in [6.07, 6.45) is 0. The molecule has 158 valence electrons. The highest BCUT2D eigenvalue weighted by molar-refractivity contribution is 8.14. The summed E-state index contributed by atoms with van der Waals surface area (Å²) in [5, 5.41) is 8.23. The summed E-state index contributed by atoms with van der Waals surface area (Å²) in [5.41, 5.74) is 0.876. The molecule has 3 rings (SSSR count). The number of carbonyl (C=O) groups is 2. The molecule has 1 aliphatic heterocycles. The molecule has 0 fully saturated rings. The van der Waals surface area contributed by atoms with E-state index in [9.17, 15) is 9.59 Å². The Hall–Kier alpha value is -3.20. The van der Waals surface area contributed by atoms with Gasteiger partial charge in [-0.15, -0.1) is 5.10 Å². The van der Waals surface area contributed by atoms with Crippen molar-refractivity contribution in [3.05, 3.63) is 54.1 Å². The molecule has 0 aromatic heterocycles. The van der Waals surface area contributed by atoms with E-state index in [1.807, 2.05) is 48.5 Å². The van der Waals surface area contributed by atoms with Crippen molar-refractivity contribution in [2.45, 2.75) is 19.2 Å². The van der Waals surface area contributed by atoms with E-state index >= 15 is 0 Å². The molecule has 1 aliphatic rings. The number of hydrazone groups is 1. The molecule has 0 saturated carbocycles. The molecule has 0 saturated heterocycles. The molecule has 0 bridgehead atoms. The Balaban J connectivity index is 1.51. The maximum absolute atomic E-state index is 11.9. The molecule has 0 aliphatic carbocycles. The van der Waals surface area contributed by atoms with Gasteiger partial charge in [0.1, 0.15) is 35.8 Å². The maximum atomic E-state index is 11.9. The van der Waals surface area contributed by atoms with Gasteiger partial charge in [0.15, 0.2) is 5.17 Å². The lowest BCUT2D eigenvalue weighted by Gasteiger charge is -2.19. The molecule has 30 heavy (non-hydrogen) atoms. The van der Waals surface area contributed by atoms with Crippen LogP contribution in [0, 0.1) is 0 Å². The predicted molar refractivity (Wildman–Crippen MR) is 115 cm³/mol. The molecule has 1 N–H and O–H groups in total. The topological polar surface area (TPSA) is 89.5 Å². The van der Waals surface area contributed by atoms with Crippen molar-refractivity contribution in [3.8, 4) is 17.2 Å². The van der Waals surface area contributed by atoms with Crippen molar-refractivity contribution < 1.29 is 23.8 Å². The molecule has 0 radical (unpaired) electrons. The molecule has 1 heterocycles. The number of benzene rings is 2. The molecule has 2 aromatic carbocycles. The van der Waals surface area contributed by atoms with Gasteiger partial charge in [-0.2, -0.15) is 0 Å². The monoisotopic (exact) mass is 429 g/mol. The first-order valence-corrected chi connectivity index (χ1v) is 10.2. The highest BCUT2D eigenvalue weighted by atomic mass is 32.2. The Morgan fingerprint density at radius 2 is 1.50 bits per heavy atom. The fourth-order valence-electron chi connectivity index (χ4n) is 2.70. The maximum Gasteiger partial charge on any atom is 0.241 e. The summed E-state index contributed by atoms with van der Waals surface area (Å²) in [6, 6.07) is 14.8. The average Bonchev–Trinajstić information content (AvgIpc) is 3.15. The standard InChI is InChI=1S/C21H23N3O5S/c1-14(25)22-21-23-24(15(2)26)20(30-21)16-4-6-18(7-5-16)28-12-13-29-19-10-8-17(27-3)9-11-19/h4-11,20H,12-13H2,1-3H3,(H,22,23,25). The lowest BCUT2D eigenvalue weighted by Crippen LogP contribution is -2.25. The number of hydrogen-bond acceptors (Lipinski definition) is 7. The lowest BCUT2D eigenvalue weighted by atomic mass is 10.2. The van der Waals surface area contributed by atoms with Crippen molar-refractivity contribution in [2.75, 3.05) is 20.3 Å². The van der Waals surface area contributed by atoms with Crippen LogP contribution in [0.15, 0.2) is 53.6 Å². The van der Waals surface area contributed by atoms with Crippen LogP contribution < -0.4 is 19.5 Å². The quantitative estimate of drug-likeness (QED) is 0.680. The van der Waals surface area contributed by atoms with Crippen molar-refractivity contribution in [1.29, 1.82) is 0 Å². The van der Waals surface area contributed by atoms with Gasteiger partial charge in [-0.05, 0) is 42.0 Å². The van der Waals surface area contributed by atoms with E-state index < -0.39 is 0 Å². The van der Waals surface area contributed by atoms with Crippen LogP contribution in [0.4, 0.5) is 0 Å². The summed E-state index contributed by atoms with van der Waals surface area (Å²) in [4.78, 5) is 23.2. The van der Waals surface area contributed by atoms with Crippen molar-refractivity contribution in [2.24, 2.45) is 5.10 Å². The summed E-state index contributed by atoms with van der Waals surface area (Å²) >= 11 is 1.31. The molecule has 8 nitrogen and oxygen atoms in total. The number of nitrogens with zero attached hydrogens (tertiary/aromatic N) is 2. The Kier molecular flexibility index (Phi) is 7.18. The first-order valence-electron chi connectivity index (χ1n) is 9.28. The van der Waals surface area contributed by atoms with Crippen LogP contribution in [0.5, 0.6) is 17.2 Å². The number of ether oxygens (including phenoxy) is 3. The zero-order valence-corrected chi connectivity index (χ0v) is 17.8. The second-order valence-electron chi connectivity index (χ2n) is 6.36. The van der Waals surface area contributed by atoms with Gasteiger partial charge in [0.2, 0.25) is 11.8 Å². The predicted octanol–water partition coefficient (Wildman–Crippen LogP) is 3.15. The zero-order valence-electron chi connectivity index (χ0n) is 17.0. The number of rotatable bonds is 7. The van der Waals surface area contributed by atoms with Crippen LogP contribution in [0.25, 0.3) is 0 Å². The van der Waals surface area contributed by atoms with Gasteiger partial charge in [-0.3, -0.25) is 9.59 Å². The molecule has 1 atom stereocenters. The Labute approximate surface area is 179 Å². The minimum Gasteiger partial charge on any atom is -0.497 e. The van der Waals surface area contributed by atoms with Gasteiger partial charge >= 0.3 is 0 Å². The molecule has 2 aromatic rings. The minimum atomic E-state index is -0.336. The minimum absolute atomic E-state index is 0.205. The average molecular weight is 429 g/mol.